The highest BCUT2D eigenvalue weighted by atomic mass is 19.1. The average molecular weight is 241 g/mol. The van der Waals surface area contributed by atoms with Crippen LogP contribution in [0, 0.1) is 17.6 Å². The van der Waals surface area contributed by atoms with Crippen LogP contribution in [0.2, 0.25) is 0 Å². The Morgan fingerprint density at radius 1 is 1.41 bits per heavy atom. The van der Waals surface area contributed by atoms with E-state index in [9.17, 15) is 13.9 Å². The molecule has 1 N–H and O–H groups in total. The SMILES string of the molecule is CC1CCN(Cc2cc(F)ccc2F)C1CO. The summed E-state index contributed by atoms with van der Waals surface area (Å²) in [5, 5.41) is 9.30. The molecule has 0 radical (unpaired) electrons. The molecule has 2 atom stereocenters. The van der Waals surface area contributed by atoms with Crippen molar-refractivity contribution in [2.24, 2.45) is 5.92 Å². The molecule has 0 aromatic heterocycles. The highest BCUT2D eigenvalue weighted by Gasteiger charge is 2.30. The van der Waals surface area contributed by atoms with Gasteiger partial charge in [-0.1, -0.05) is 6.92 Å². The molecule has 1 aliphatic rings. The van der Waals surface area contributed by atoms with E-state index in [1.807, 2.05) is 4.90 Å². The van der Waals surface area contributed by atoms with Crippen LogP contribution in [-0.4, -0.2) is 29.2 Å². The lowest BCUT2D eigenvalue weighted by molar-refractivity contribution is 0.133. The summed E-state index contributed by atoms with van der Waals surface area (Å²) in [6.45, 7) is 3.32. The zero-order valence-corrected chi connectivity index (χ0v) is 9.87. The second-order valence-corrected chi connectivity index (χ2v) is 4.72. The fraction of sp³-hybridized carbons (Fsp3) is 0.538. The van der Waals surface area contributed by atoms with Gasteiger partial charge >= 0.3 is 0 Å². The summed E-state index contributed by atoms with van der Waals surface area (Å²) in [6, 6.07) is 3.55. The quantitative estimate of drug-likeness (QED) is 0.876. The third kappa shape index (κ3) is 2.64. The molecule has 0 saturated carbocycles. The Hall–Kier alpha value is -1.00. The first-order valence-electron chi connectivity index (χ1n) is 5.90. The summed E-state index contributed by atoms with van der Waals surface area (Å²) in [6.07, 6.45) is 0.988. The molecule has 0 bridgehead atoms. The van der Waals surface area contributed by atoms with E-state index >= 15 is 0 Å². The van der Waals surface area contributed by atoms with Crippen molar-refractivity contribution < 1.29 is 13.9 Å². The Morgan fingerprint density at radius 2 is 2.18 bits per heavy atom. The highest BCUT2D eigenvalue weighted by Crippen LogP contribution is 2.26. The van der Waals surface area contributed by atoms with Crippen LogP contribution in [0.5, 0.6) is 0 Å². The van der Waals surface area contributed by atoms with Gasteiger partial charge in [-0.25, -0.2) is 8.78 Å². The zero-order valence-electron chi connectivity index (χ0n) is 9.87. The fourth-order valence-corrected chi connectivity index (χ4v) is 2.46. The van der Waals surface area contributed by atoms with Crippen molar-refractivity contribution in [2.45, 2.75) is 25.9 Å². The molecule has 1 aliphatic heterocycles. The summed E-state index contributed by atoms with van der Waals surface area (Å²) in [5.74, 6) is -0.409. The monoisotopic (exact) mass is 241 g/mol. The molecule has 2 rings (SSSR count). The lowest BCUT2D eigenvalue weighted by atomic mass is 10.0. The summed E-state index contributed by atoms with van der Waals surface area (Å²) >= 11 is 0. The minimum atomic E-state index is -0.422. The normalized spacial score (nSPS) is 25.4. The lowest BCUT2D eigenvalue weighted by Gasteiger charge is -2.25. The van der Waals surface area contributed by atoms with Crippen molar-refractivity contribution in [3.8, 4) is 0 Å². The molecular formula is C13H17F2NO. The number of aliphatic hydroxyl groups is 1. The summed E-state index contributed by atoms with van der Waals surface area (Å²) in [4.78, 5) is 2.02. The highest BCUT2D eigenvalue weighted by molar-refractivity contribution is 5.19. The van der Waals surface area contributed by atoms with Gasteiger partial charge in [-0.2, -0.15) is 0 Å². The van der Waals surface area contributed by atoms with Gasteiger partial charge in [0, 0.05) is 18.2 Å². The standard InChI is InChI=1S/C13H17F2NO/c1-9-4-5-16(13(9)8-17)7-10-6-11(14)2-3-12(10)15/h2-3,6,9,13,17H,4-5,7-8H2,1H3. The number of rotatable bonds is 3. The van der Waals surface area contributed by atoms with Crippen LogP contribution in [0.15, 0.2) is 18.2 Å². The van der Waals surface area contributed by atoms with Crippen molar-refractivity contribution >= 4 is 0 Å². The Kier molecular flexibility index (Phi) is 3.74. The van der Waals surface area contributed by atoms with Crippen LogP contribution in [0.1, 0.15) is 18.9 Å². The number of hydrogen-bond acceptors (Lipinski definition) is 2. The summed E-state index contributed by atoms with van der Waals surface area (Å²) in [7, 11) is 0. The largest absolute Gasteiger partial charge is 0.395 e. The number of aliphatic hydroxyl groups excluding tert-OH is 1. The van der Waals surface area contributed by atoms with E-state index in [4.69, 9.17) is 0 Å². The molecule has 17 heavy (non-hydrogen) atoms. The van der Waals surface area contributed by atoms with E-state index in [-0.39, 0.29) is 18.5 Å². The van der Waals surface area contributed by atoms with Crippen molar-refractivity contribution in [1.29, 1.82) is 0 Å². The van der Waals surface area contributed by atoms with Gasteiger partial charge < -0.3 is 5.11 Å². The van der Waals surface area contributed by atoms with Crippen LogP contribution >= 0.6 is 0 Å². The van der Waals surface area contributed by atoms with Crippen LogP contribution in [0.25, 0.3) is 0 Å². The Morgan fingerprint density at radius 3 is 2.88 bits per heavy atom. The molecule has 1 saturated heterocycles. The van der Waals surface area contributed by atoms with E-state index in [1.54, 1.807) is 0 Å². The molecule has 94 valence electrons. The first-order valence-corrected chi connectivity index (χ1v) is 5.90. The number of hydrogen-bond donors (Lipinski definition) is 1. The van der Waals surface area contributed by atoms with Crippen molar-refractivity contribution in [3.05, 3.63) is 35.4 Å². The molecule has 0 aliphatic carbocycles. The van der Waals surface area contributed by atoms with Gasteiger partial charge in [0.15, 0.2) is 0 Å². The van der Waals surface area contributed by atoms with E-state index in [0.717, 1.165) is 25.1 Å². The molecule has 0 amide bonds. The lowest BCUT2D eigenvalue weighted by Crippen LogP contribution is -2.34. The maximum Gasteiger partial charge on any atom is 0.127 e. The van der Waals surface area contributed by atoms with E-state index < -0.39 is 5.82 Å². The number of nitrogens with zero attached hydrogens (tertiary/aromatic N) is 1. The smallest absolute Gasteiger partial charge is 0.127 e. The Balaban J connectivity index is 2.12. The van der Waals surface area contributed by atoms with Gasteiger partial charge in [0.05, 0.1) is 6.61 Å². The minimum absolute atomic E-state index is 0.0534. The minimum Gasteiger partial charge on any atom is -0.395 e. The van der Waals surface area contributed by atoms with E-state index in [2.05, 4.69) is 6.92 Å². The van der Waals surface area contributed by atoms with E-state index in [0.29, 0.717) is 18.0 Å². The average Bonchev–Trinajstić information content (AvgIpc) is 2.64. The first-order chi connectivity index (χ1) is 8.11. The van der Waals surface area contributed by atoms with Crippen molar-refractivity contribution in [3.63, 3.8) is 0 Å². The summed E-state index contributed by atoms with van der Waals surface area (Å²) < 4.78 is 26.5. The molecule has 0 spiro atoms. The molecule has 2 unspecified atom stereocenters. The van der Waals surface area contributed by atoms with Crippen molar-refractivity contribution in [1.82, 2.24) is 4.90 Å². The topological polar surface area (TPSA) is 23.5 Å². The molecular weight excluding hydrogens is 224 g/mol. The van der Waals surface area contributed by atoms with Gasteiger partial charge in [0.1, 0.15) is 11.6 Å². The molecule has 2 nitrogen and oxygen atoms in total. The summed E-state index contributed by atoms with van der Waals surface area (Å²) in [5.41, 5.74) is 0.359. The van der Waals surface area contributed by atoms with Gasteiger partial charge in [-0.3, -0.25) is 4.90 Å². The molecule has 1 fully saturated rings. The maximum absolute atomic E-state index is 13.5. The van der Waals surface area contributed by atoms with Crippen LogP contribution in [0.4, 0.5) is 8.78 Å². The van der Waals surface area contributed by atoms with Gasteiger partial charge in [-0.15, -0.1) is 0 Å². The predicted molar refractivity (Wildman–Crippen MR) is 61.4 cm³/mol. The van der Waals surface area contributed by atoms with Gasteiger partial charge in [0.25, 0.3) is 0 Å². The van der Waals surface area contributed by atoms with Crippen LogP contribution < -0.4 is 0 Å². The van der Waals surface area contributed by atoms with Gasteiger partial charge in [0.2, 0.25) is 0 Å². The predicted octanol–water partition coefficient (Wildman–Crippen LogP) is 2.17. The molecule has 4 heteroatoms. The first kappa shape index (κ1) is 12.5. The third-order valence-corrected chi connectivity index (χ3v) is 3.57. The molecule has 1 aromatic carbocycles. The number of halogens is 2. The Bertz CT molecular complexity index is 397. The van der Waals surface area contributed by atoms with Crippen molar-refractivity contribution in [2.75, 3.05) is 13.2 Å². The maximum atomic E-state index is 13.5. The second-order valence-electron chi connectivity index (χ2n) is 4.72. The van der Waals surface area contributed by atoms with E-state index in [1.165, 1.54) is 6.07 Å². The third-order valence-electron chi connectivity index (χ3n) is 3.57. The second kappa shape index (κ2) is 5.10. The molecule has 1 heterocycles. The Labute approximate surface area is 99.9 Å². The molecule has 1 aromatic rings. The zero-order chi connectivity index (χ0) is 12.4. The number of benzene rings is 1. The van der Waals surface area contributed by atoms with Gasteiger partial charge in [-0.05, 0) is 37.1 Å². The fourth-order valence-electron chi connectivity index (χ4n) is 2.46. The van der Waals surface area contributed by atoms with Crippen LogP contribution in [0.3, 0.4) is 0 Å². The van der Waals surface area contributed by atoms with Crippen LogP contribution in [-0.2, 0) is 6.54 Å². The number of likely N-dealkylation sites (tertiary alicyclic amines) is 1.